The van der Waals surface area contributed by atoms with Crippen LogP contribution in [0.3, 0.4) is 0 Å². The molecule has 108 valence electrons. The molecule has 0 saturated carbocycles. The Bertz CT molecular complexity index is 645. The van der Waals surface area contributed by atoms with Crippen LogP contribution in [-0.2, 0) is 0 Å². The summed E-state index contributed by atoms with van der Waals surface area (Å²) in [5, 5.41) is 2.88. The molecule has 0 aliphatic carbocycles. The van der Waals surface area contributed by atoms with Crippen molar-refractivity contribution in [3.63, 3.8) is 0 Å². The van der Waals surface area contributed by atoms with E-state index >= 15 is 0 Å². The number of aromatic amines is 2. The molecule has 0 aliphatic heterocycles. The molecule has 2 aromatic heterocycles. The zero-order chi connectivity index (χ0) is 14.5. The molecule has 5 N–H and O–H groups in total. The van der Waals surface area contributed by atoms with Gasteiger partial charge < -0.3 is 16.0 Å². The Kier molecular flexibility index (Phi) is 4.52. The van der Waals surface area contributed by atoms with Crippen molar-refractivity contribution < 1.29 is 4.79 Å². The van der Waals surface area contributed by atoms with E-state index in [0.717, 1.165) is 19.3 Å². The van der Waals surface area contributed by atoms with Gasteiger partial charge in [0.1, 0.15) is 0 Å². The molecule has 20 heavy (non-hydrogen) atoms. The first kappa shape index (κ1) is 14.3. The van der Waals surface area contributed by atoms with Crippen LogP contribution < -0.4 is 16.7 Å². The molecule has 7 nitrogen and oxygen atoms in total. The number of H-pyrrole nitrogens is 2. The van der Waals surface area contributed by atoms with Crippen molar-refractivity contribution in [2.45, 2.75) is 32.2 Å². The number of nitrogens with zero attached hydrogens (tertiary/aromatic N) is 1. The fourth-order valence-corrected chi connectivity index (χ4v) is 2.01. The molecular weight excluding hydrogens is 258 g/mol. The summed E-state index contributed by atoms with van der Waals surface area (Å²) in [7, 11) is 0. The lowest BCUT2D eigenvalue weighted by molar-refractivity contribution is 0.0935. The Morgan fingerprint density at radius 3 is 3.00 bits per heavy atom. The number of unbranched alkanes of at least 4 members (excludes halogenated alkanes) is 1. The molecule has 7 heteroatoms. The van der Waals surface area contributed by atoms with Gasteiger partial charge in [0, 0.05) is 18.8 Å². The molecule has 2 rings (SSSR count). The molecule has 2 heterocycles. The number of aromatic nitrogens is 3. The number of nitrogens with two attached hydrogens (primary N) is 1. The van der Waals surface area contributed by atoms with E-state index in [4.69, 9.17) is 5.73 Å². The fourth-order valence-electron chi connectivity index (χ4n) is 2.01. The van der Waals surface area contributed by atoms with E-state index in [0.29, 0.717) is 23.3 Å². The summed E-state index contributed by atoms with van der Waals surface area (Å²) < 4.78 is 0. The van der Waals surface area contributed by atoms with Gasteiger partial charge in [-0.1, -0.05) is 19.8 Å². The van der Waals surface area contributed by atoms with Crippen LogP contribution in [-0.4, -0.2) is 33.4 Å². The van der Waals surface area contributed by atoms with Crippen molar-refractivity contribution in [3.05, 3.63) is 28.3 Å². The van der Waals surface area contributed by atoms with Crippen LogP contribution in [0.1, 0.15) is 36.5 Å². The lowest BCUT2D eigenvalue weighted by Crippen LogP contribution is -2.40. The molecule has 1 unspecified atom stereocenters. The Morgan fingerprint density at radius 2 is 2.30 bits per heavy atom. The number of carbonyl (C=O) groups is 1. The summed E-state index contributed by atoms with van der Waals surface area (Å²) in [5.41, 5.74) is 6.67. The molecule has 0 aliphatic rings. The number of rotatable bonds is 6. The number of pyridine rings is 1. The van der Waals surface area contributed by atoms with Gasteiger partial charge in [-0.2, -0.15) is 0 Å². The van der Waals surface area contributed by atoms with Gasteiger partial charge in [-0.05, 0) is 12.5 Å². The van der Waals surface area contributed by atoms with Gasteiger partial charge in [-0.15, -0.1) is 0 Å². The molecule has 0 fully saturated rings. The third kappa shape index (κ3) is 3.24. The maximum Gasteiger partial charge on any atom is 0.325 e. The second kappa shape index (κ2) is 6.33. The highest BCUT2D eigenvalue weighted by atomic mass is 16.2. The molecule has 0 radical (unpaired) electrons. The van der Waals surface area contributed by atoms with Gasteiger partial charge >= 0.3 is 5.69 Å². The fraction of sp³-hybridized carbons (Fsp3) is 0.462. The van der Waals surface area contributed by atoms with Crippen molar-refractivity contribution in [1.82, 2.24) is 20.3 Å². The lowest BCUT2D eigenvalue weighted by Gasteiger charge is -2.16. The van der Waals surface area contributed by atoms with Crippen LogP contribution in [0, 0.1) is 0 Å². The molecule has 0 bridgehead atoms. The quantitative estimate of drug-likeness (QED) is 0.615. The minimum Gasteiger partial charge on any atom is -0.348 e. The van der Waals surface area contributed by atoms with Crippen molar-refractivity contribution in [3.8, 4) is 0 Å². The predicted molar refractivity (Wildman–Crippen MR) is 76.5 cm³/mol. The highest BCUT2D eigenvalue weighted by molar-refractivity contribution is 5.96. The van der Waals surface area contributed by atoms with E-state index in [1.165, 1.54) is 6.20 Å². The van der Waals surface area contributed by atoms with Gasteiger partial charge in [0.05, 0.1) is 11.1 Å². The van der Waals surface area contributed by atoms with Crippen molar-refractivity contribution in [2.75, 3.05) is 6.54 Å². The number of hydrogen-bond donors (Lipinski definition) is 4. The van der Waals surface area contributed by atoms with E-state index in [1.807, 2.05) is 0 Å². The van der Waals surface area contributed by atoms with E-state index in [-0.39, 0.29) is 17.6 Å². The normalized spacial score (nSPS) is 12.5. The molecule has 1 atom stereocenters. The van der Waals surface area contributed by atoms with Crippen LogP contribution in [0.4, 0.5) is 0 Å². The molecule has 2 aromatic rings. The smallest absolute Gasteiger partial charge is 0.325 e. The van der Waals surface area contributed by atoms with Crippen molar-refractivity contribution in [1.29, 1.82) is 0 Å². The molecule has 1 amide bonds. The first-order chi connectivity index (χ1) is 9.63. The van der Waals surface area contributed by atoms with Gasteiger partial charge in [-0.3, -0.25) is 9.78 Å². The number of imidazole rings is 1. The lowest BCUT2D eigenvalue weighted by atomic mass is 10.1. The standard InChI is InChI=1S/C13H19N5O2/c1-2-3-4-9(6-14)16-12(19)8-5-10-11(15-7-8)18-13(20)17-10/h5,7,9H,2-4,6,14H2,1H3,(H,16,19)(H2,15,17,18,20). The Morgan fingerprint density at radius 1 is 1.50 bits per heavy atom. The average Bonchev–Trinajstić information content (AvgIpc) is 2.82. The number of nitrogens with one attached hydrogen (secondary N) is 3. The van der Waals surface area contributed by atoms with E-state index in [2.05, 4.69) is 27.2 Å². The summed E-state index contributed by atoms with van der Waals surface area (Å²) in [6.45, 7) is 2.50. The number of carbonyl (C=O) groups excluding carboxylic acids is 1. The van der Waals surface area contributed by atoms with E-state index < -0.39 is 0 Å². The summed E-state index contributed by atoms with van der Waals surface area (Å²) in [6, 6.07) is 1.56. The highest BCUT2D eigenvalue weighted by Crippen LogP contribution is 2.08. The van der Waals surface area contributed by atoms with E-state index in [1.54, 1.807) is 6.07 Å². The minimum atomic E-state index is -0.340. The Balaban J connectivity index is 2.11. The third-order valence-corrected chi connectivity index (χ3v) is 3.16. The second-order valence-corrected chi connectivity index (χ2v) is 4.75. The average molecular weight is 277 g/mol. The van der Waals surface area contributed by atoms with Crippen LogP contribution >= 0.6 is 0 Å². The molecule has 0 saturated heterocycles. The zero-order valence-electron chi connectivity index (χ0n) is 11.4. The van der Waals surface area contributed by atoms with Gasteiger partial charge in [0.2, 0.25) is 0 Å². The summed E-state index contributed by atoms with van der Waals surface area (Å²) >= 11 is 0. The zero-order valence-corrected chi connectivity index (χ0v) is 11.4. The first-order valence-corrected chi connectivity index (χ1v) is 6.73. The van der Waals surface area contributed by atoms with Gasteiger partial charge in [-0.25, -0.2) is 9.78 Å². The number of fused-ring (bicyclic) bond motifs is 1. The predicted octanol–water partition coefficient (Wildman–Crippen LogP) is 0.499. The van der Waals surface area contributed by atoms with Crippen LogP contribution in [0.2, 0.25) is 0 Å². The molecule has 0 spiro atoms. The Hall–Kier alpha value is -2.15. The van der Waals surface area contributed by atoms with E-state index in [9.17, 15) is 9.59 Å². The highest BCUT2D eigenvalue weighted by Gasteiger charge is 2.13. The minimum absolute atomic E-state index is 0.0385. The maximum absolute atomic E-state index is 12.1. The molecular formula is C13H19N5O2. The van der Waals surface area contributed by atoms with Crippen LogP contribution in [0.15, 0.2) is 17.1 Å². The summed E-state index contributed by atoms with van der Waals surface area (Å²) in [5.74, 6) is -0.229. The van der Waals surface area contributed by atoms with Gasteiger partial charge in [0.25, 0.3) is 5.91 Å². The topological polar surface area (TPSA) is 117 Å². The number of hydrogen-bond acceptors (Lipinski definition) is 4. The third-order valence-electron chi connectivity index (χ3n) is 3.16. The van der Waals surface area contributed by atoms with Crippen LogP contribution in [0.25, 0.3) is 11.2 Å². The molecule has 0 aromatic carbocycles. The largest absolute Gasteiger partial charge is 0.348 e. The SMILES string of the molecule is CCCCC(CN)NC(=O)c1cnc2[nH]c(=O)[nH]c2c1. The van der Waals surface area contributed by atoms with Crippen molar-refractivity contribution in [2.24, 2.45) is 5.73 Å². The van der Waals surface area contributed by atoms with Crippen molar-refractivity contribution >= 4 is 17.1 Å². The summed E-state index contributed by atoms with van der Waals surface area (Å²) in [4.78, 5) is 32.4. The van der Waals surface area contributed by atoms with Gasteiger partial charge in [0.15, 0.2) is 5.65 Å². The summed E-state index contributed by atoms with van der Waals surface area (Å²) in [6.07, 6.45) is 4.37. The number of amides is 1. The Labute approximate surface area is 116 Å². The maximum atomic E-state index is 12.1. The monoisotopic (exact) mass is 277 g/mol. The van der Waals surface area contributed by atoms with Crippen LogP contribution in [0.5, 0.6) is 0 Å². The first-order valence-electron chi connectivity index (χ1n) is 6.73. The second-order valence-electron chi connectivity index (χ2n) is 4.75.